The van der Waals surface area contributed by atoms with Gasteiger partial charge in [-0.15, -0.1) is 5.10 Å². The SMILES string of the molecule is C[C@@H](N)Cc1cn(-c2ccc(C(F)(F)F)c(Br)c2)nn1. The number of nitrogens with zero attached hydrogens (tertiary/aromatic N) is 3. The van der Waals surface area contributed by atoms with Crippen LogP contribution in [0.1, 0.15) is 18.2 Å². The number of aromatic nitrogens is 3. The van der Waals surface area contributed by atoms with E-state index in [4.69, 9.17) is 5.73 Å². The van der Waals surface area contributed by atoms with Gasteiger partial charge >= 0.3 is 6.18 Å². The van der Waals surface area contributed by atoms with Crippen LogP contribution >= 0.6 is 15.9 Å². The Labute approximate surface area is 121 Å². The monoisotopic (exact) mass is 348 g/mol. The highest BCUT2D eigenvalue weighted by Gasteiger charge is 2.32. The number of benzene rings is 1. The molecule has 0 fully saturated rings. The van der Waals surface area contributed by atoms with Crippen molar-refractivity contribution in [2.45, 2.75) is 25.6 Å². The van der Waals surface area contributed by atoms with E-state index in [1.165, 1.54) is 16.8 Å². The summed E-state index contributed by atoms with van der Waals surface area (Å²) >= 11 is 2.93. The molecule has 1 aromatic heterocycles. The Morgan fingerprint density at radius 2 is 2.10 bits per heavy atom. The molecule has 2 rings (SSSR count). The van der Waals surface area contributed by atoms with Crippen molar-refractivity contribution >= 4 is 15.9 Å². The van der Waals surface area contributed by atoms with Gasteiger partial charge in [0.05, 0.1) is 23.1 Å². The summed E-state index contributed by atoms with van der Waals surface area (Å²) in [5.74, 6) is 0. The van der Waals surface area contributed by atoms with Gasteiger partial charge in [0.15, 0.2) is 0 Å². The summed E-state index contributed by atoms with van der Waals surface area (Å²) in [5.41, 5.74) is 6.11. The lowest BCUT2D eigenvalue weighted by Gasteiger charge is -2.10. The lowest BCUT2D eigenvalue weighted by molar-refractivity contribution is -0.138. The Balaban J connectivity index is 2.30. The molecule has 0 amide bonds. The van der Waals surface area contributed by atoms with Crippen LogP contribution < -0.4 is 5.73 Å². The number of alkyl halides is 3. The Hall–Kier alpha value is -1.41. The quantitative estimate of drug-likeness (QED) is 0.927. The zero-order valence-corrected chi connectivity index (χ0v) is 12.1. The van der Waals surface area contributed by atoms with Gasteiger partial charge in [-0.05, 0) is 25.1 Å². The second kappa shape index (κ2) is 5.53. The van der Waals surface area contributed by atoms with E-state index >= 15 is 0 Å². The maximum Gasteiger partial charge on any atom is 0.417 e. The highest BCUT2D eigenvalue weighted by molar-refractivity contribution is 9.10. The van der Waals surface area contributed by atoms with Crippen molar-refractivity contribution < 1.29 is 13.2 Å². The fraction of sp³-hybridized carbons (Fsp3) is 0.333. The zero-order valence-electron chi connectivity index (χ0n) is 10.5. The maximum atomic E-state index is 12.7. The van der Waals surface area contributed by atoms with Crippen molar-refractivity contribution in [1.82, 2.24) is 15.0 Å². The third-order valence-electron chi connectivity index (χ3n) is 2.59. The van der Waals surface area contributed by atoms with Crippen LogP contribution in [0, 0.1) is 0 Å². The minimum Gasteiger partial charge on any atom is -0.328 e. The number of hydrogen-bond donors (Lipinski definition) is 1. The number of hydrogen-bond acceptors (Lipinski definition) is 3. The molecule has 1 atom stereocenters. The standard InChI is InChI=1S/C12H12BrF3N4/c1-7(17)4-8-6-20(19-18-8)9-2-3-10(11(13)5-9)12(14,15)16/h2-3,5-7H,4,17H2,1H3/t7-/m1/s1. The Morgan fingerprint density at radius 1 is 1.40 bits per heavy atom. The van der Waals surface area contributed by atoms with Gasteiger partial charge in [0, 0.05) is 16.9 Å². The zero-order chi connectivity index (χ0) is 14.9. The van der Waals surface area contributed by atoms with Gasteiger partial charge in [0.1, 0.15) is 0 Å². The summed E-state index contributed by atoms with van der Waals surface area (Å²) in [6, 6.07) is 3.65. The van der Waals surface area contributed by atoms with E-state index in [1.54, 1.807) is 6.20 Å². The van der Waals surface area contributed by atoms with E-state index in [0.717, 1.165) is 6.07 Å². The molecule has 108 valence electrons. The van der Waals surface area contributed by atoms with Crippen molar-refractivity contribution in [2.75, 3.05) is 0 Å². The van der Waals surface area contributed by atoms with Crippen molar-refractivity contribution in [3.8, 4) is 5.69 Å². The summed E-state index contributed by atoms with van der Waals surface area (Å²) < 4.78 is 39.3. The van der Waals surface area contributed by atoms with E-state index in [9.17, 15) is 13.2 Å². The fourth-order valence-electron chi connectivity index (χ4n) is 1.72. The molecule has 8 heteroatoms. The van der Waals surface area contributed by atoms with Gasteiger partial charge in [-0.2, -0.15) is 13.2 Å². The first-order chi connectivity index (χ1) is 9.27. The molecule has 4 nitrogen and oxygen atoms in total. The van der Waals surface area contributed by atoms with E-state index < -0.39 is 11.7 Å². The van der Waals surface area contributed by atoms with Crippen molar-refractivity contribution in [3.63, 3.8) is 0 Å². The highest BCUT2D eigenvalue weighted by Crippen LogP contribution is 2.35. The van der Waals surface area contributed by atoms with Crippen LogP contribution in [-0.4, -0.2) is 21.0 Å². The first-order valence-corrected chi connectivity index (χ1v) is 6.60. The first-order valence-electron chi connectivity index (χ1n) is 5.81. The Kier molecular flexibility index (Phi) is 4.14. The first kappa shape index (κ1) is 15.0. The van der Waals surface area contributed by atoms with Crippen LogP contribution in [0.3, 0.4) is 0 Å². The summed E-state index contributed by atoms with van der Waals surface area (Å²) in [4.78, 5) is 0. The van der Waals surface area contributed by atoms with Crippen LogP contribution in [0.4, 0.5) is 13.2 Å². The van der Waals surface area contributed by atoms with Gasteiger partial charge < -0.3 is 5.73 Å². The average Bonchev–Trinajstić information content (AvgIpc) is 2.74. The predicted octanol–water partition coefficient (Wildman–Crippen LogP) is 2.94. The largest absolute Gasteiger partial charge is 0.417 e. The van der Waals surface area contributed by atoms with Crippen LogP contribution in [0.15, 0.2) is 28.9 Å². The van der Waals surface area contributed by atoms with Crippen LogP contribution in [-0.2, 0) is 12.6 Å². The molecular formula is C12H12BrF3N4. The lowest BCUT2D eigenvalue weighted by atomic mass is 10.2. The second-order valence-corrected chi connectivity index (χ2v) is 5.35. The van der Waals surface area contributed by atoms with Gasteiger partial charge in [0.2, 0.25) is 0 Å². The van der Waals surface area contributed by atoms with Gasteiger partial charge in [0.25, 0.3) is 0 Å². The molecule has 0 spiro atoms. The predicted molar refractivity (Wildman–Crippen MR) is 71.4 cm³/mol. The highest BCUT2D eigenvalue weighted by atomic mass is 79.9. The fourth-order valence-corrected chi connectivity index (χ4v) is 2.32. The molecule has 0 aliphatic carbocycles. The molecule has 1 aromatic carbocycles. The molecule has 0 bridgehead atoms. The normalized spacial score (nSPS) is 13.5. The van der Waals surface area contributed by atoms with Crippen molar-refractivity contribution in [3.05, 3.63) is 40.1 Å². The Bertz CT molecular complexity index is 607. The lowest BCUT2D eigenvalue weighted by Crippen LogP contribution is -2.17. The van der Waals surface area contributed by atoms with E-state index in [2.05, 4.69) is 26.2 Å². The molecule has 2 N–H and O–H groups in total. The van der Waals surface area contributed by atoms with Crippen LogP contribution in [0.5, 0.6) is 0 Å². The molecular weight excluding hydrogens is 337 g/mol. The Morgan fingerprint density at radius 3 is 2.65 bits per heavy atom. The molecule has 0 aliphatic heterocycles. The second-order valence-electron chi connectivity index (χ2n) is 4.50. The number of rotatable bonds is 3. The third-order valence-corrected chi connectivity index (χ3v) is 3.25. The molecule has 0 aliphatic rings. The topological polar surface area (TPSA) is 56.7 Å². The van der Waals surface area contributed by atoms with Gasteiger partial charge in [-0.25, -0.2) is 4.68 Å². The molecule has 0 saturated carbocycles. The summed E-state index contributed by atoms with van der Waals surface area (Å²) in [6.07, 6.45) is -2.18. The maximum absolute atomic E-state index is 12.7. The van der Waals surface area contributed by atoms with Crippen molar-refractivity contribution in [1.29, 1.82) is 0 Å². The van der Waals surface area contributed by atoms with E-state index in [-0.39, 0.29) is 10.5 Å². The smallest absolute Gasteiger partial charge is 0.328 e. The van der Waals surface area contributed by atoms with Crippen LogP contribution in [0.25, 0.3) is 5.69 Å². The van der Waals surface area contributed by atoms with E-state index in [1.807, 2.05) is 6.92 Å². The molecule has 0 unspecified atom stereocenters. The minimum atomic E-state index is -4.39. The molecule has 20 heavy (non-hydrogen) atoms. The van der Waals surface area contributed by atoms with E-state index in [0.29, 0.717) is 17.8 Å². The molecule has 0 saturated heterocycles. The number of nitrogens with two attached hydrogens (primary N) is 1. The van der Waals surface area contributed by atoms with Gasteiger partial charge in [-0.3, -0.25) is 0 Å². The average molecular weight is 349 g/mol. The third kappa shape index (κ3) is 3.37. The minimum absolute atomic E-state index is 0.0354. The number of halogens is 4. The molecule has 0 radical (unpaired) electrons. The van der Waals surface area contributed by atoms with Crippen molar-refractivity contribution in [2.24, 2.45) is 5.73 Å². The molecule has 2 aromatic rings. The summed E-state index contributed by atoms with van der Waals surface area (Å²) in [5, 5.41) is 7.81. The van der Waals surface area contributed by atoms with Crippen LogP contribution in [0.2, 0.25) is 0 Å². The summed E-state index contributed by atoms with van der Waals surface area (Å²) in [7, 11) is 0. The summed E-state index contributed by atoms with van der Waals surface area (Å²) in [6.45, 7) is 1.84. The van der Waals surface area contributed by atoms with Gasteiger partial charge in [-0.1, -0.05) is 21.1 Å². The molecule has 1 heterocycles.